The fourth-order valence-corrected chi connectivity index (χ4v) is 2.60. The van der Waals surface area contributed by atoms with Crippen LogP contribution in [0.3, 0.4) is 0 Å². The summed E-state index contributed by atoms with van der Waals surface area (Å²) in [6.45, 7) is 1.69. The molecule has 0 saturated heterocycles. The number of aryl methyl sites for hydroxylation is 2. The second-order valence-electron chi connectivity index (χ2n) is 6.45. The molecule has 0 heterocycles. The van der Waals surface area contributed by atoms with Crippen molar-refractivity contribution >= 4 is 5.97 Å². The minimum atomic E-state index is -1.54. The topological polar surface area (TPSA) is 83.5 Å². The maximum absolute atomic E-state index is 11.1. The van der Waals surface area contributed by atoms with Crippen LogP contribution >= 0.6 is 0 Å². The number of benzene rings is 1. The van der Waals surface area contributed by atoms with E-state index in [1.807, 2.05) is 12.1 Å². The Kier molecular flexibility index (Phi) is 8.89. The van der Waals surface area contributed by atoms with Gasteiger partial charge in [-0.15, -0.1) is 0 Å². The number of aliphatic hydroxyl groups is 1. The van der Waals surface area contributed by atoms with Crippen LogP contribution in [0.15, 0.2) is 24.3 Å². The van der Waals surface area contributed by atoms with E-state index >= 15 is 0 Å². The average Bonchev–Trinajstić information content (AvgIpc) is 2.56. The molecule has 0 aromatic heterocycles. The number of carboxylic acid groups (broad SMARTS) is 1. The maximum atomic E-state index is 11.1. The molecule has 1 rings (SSSR count). The summed E-state index contributed by atoms with van der Waals surface area (Å²) >= 11 is 0. The maximum Gasteiger partial charge on any atom is 0.326 e. The molecule has 1 aromatic rings. The van der Waals surface area contributed by atoms with Gasteiger partial charge in [0.05, 0.1) is 6.61 Å². The van der Waals surface area contributed by atoms with Gasteiger partial charge in [-0.1, -0.05) is 63.3 Å². The molecule has 0 fully saturated rings. The van der Waals surface area contributed by atoms with Gasteiger partial charge in [-0.2, -0.15) is 0 Å². The van der Waals surface area contributed by atoms with Crippen LogP contribution in [0.1, 0.15) is 63.0 Å². The molecule has 0 amide bonds. The van der Waals surface area contributed by atoms with E-state index in [1.165, 1.54) is 44.1 Å². The van der Waals surface area contributed by atoms with Crippen molar-refractivity contribution in [2.24, 2.45) is 5.73 Å². The van der Waals surface area contributed by atoms with Gasteiger partial charge >= 0.3 is 5.97 Å². The van der Waals surface area contributed by atoms with E-state index in [-0.39, 0.29) is 6.42 Å². The molecule has 1 atom stereocenters. The van der Waals surface area contributed by atoms with Crippen LogP contribution in [0.5, 0.6) is 0 Å². The molecule has 130 valence electrons. The van der Waals surface area contributed by atoms with Gasteiger partial charge in [0.2, 0.25) is 0 Å². The van der Waals surface area contributed by atoms with Crippen molar-refractivity contribution in [3.63, 3.8) is 0 Å². The molecule has 1 aromatic carbocycles. The van der Waals surface area contributed by atoms with Gasteiger partial charge in [-0.05, 0) is 36.8 Å². The molecule has 23 heavy (non-hydrogen) atoms. The van der Waals surface area contributed by atoms with Gasteiger partial charge in [-0.3, -0.25) is 4.79 Å². The van der Waals surface area contributed by atoms with E-state index < -0.39 is 18.1 Å². The van der Waals surface area contributed by atoms with E-state index in [1.54, 1.807) is 0 Å². The lowest BCUT2D eigenvalue weighted by Gasteiger charge is -2.21. The Morgan fingerprint density at radius 2 is 1.52 bits per heavy atom. The van der Waals surface area contributed by atoms with Crippen molar-refractivity contribution in [1.82, 2.24) is 0 Å². The molecule has 4 nitrogen and oxygen atoms in total. The molecule has 0 bridgehead atoms. The standard InChI is InChI=1S/C19H31NO3/c1-2-3-4-5-6-7-8-16-9-11-17(12-10-16)13-14-19(20,15-21)18(22)23/h9-12,21H,2-8,13-15,20H2,1H3,(H,22,23)/t19-/m1/s1. The summed E-state index contributed by atoms with van der Waals surface area (Å²) in [5.41, 5.74) is 6.52. The highest BCUT2D eigenvalue weighted by molar-refractivity contribution is 5.78. The molecule has 0 unspecified atom stereocenters. The zero-order valence-electron chi connectivity index (χ0n) is 14.3. The molecule has 0 aliphatic carbocycles. The molecule has 0 radical (unpaired) electrons. The average molecular weight is 321 g/mol. The number of aliphatic hydroxyl groups excluding tert-OH is 1. The predicted octanol–water partition coefficient (Wildman–Crippen LogP) is 3.30. The number of nitrogens with two attached hydrogens (primary N) is 1. The molecule has 4 heteroatoms. The Labute approximate surface area is 139 Å². The van der Waals surface area contributed by atoms with Crippen LogP contribution in [0, 0.1) is 0 Å². The first-order valence-electron chi connectivity index (χ1n) is 8.73. The van der Waals surface area contributed by atoms with E-state index in [0.717, 1.165) is 12.0 Å². The molecular weight excluding hydrogens is 290 g/mol. The summed E-state index contributed by atoms with van der Waals surface area (Å²) in [5, 5.41) is 18.2. The normalized spacial score (nSPS) is 13.7. The summed E-state index contributed by atoms with van der Waals surface area (Å²) in [6, 6.07) is 8.29. The van der Waals surface area contributed by atoms with Crippen LogP contribution < -0.4 is 5.73 Å². The number of hydrogen-bond donors (Lipinski definition) is 3. The van der Waals surface area contributed by atoms with Gasteiger partial charge in [0.25, 0.3) is 0 Å². The zero-order valence-corrected chi connectivity index (χ0v) is 14.3. The number of aliphatic carboxylic acids is 1. The molecule has 0 spiro atoms. The lowest BCUT2D eigenvalue weighted by molar-refractivity contribution is -0.145. The first kappa shape index (κ1) is 19.7. The first-order valence-corrected chi connectivity index (χ1v) is 8.73. The number of rotatable bonds is 12. The Morgan fingerprint density at radius 3 is 2.04 bits per heavy atom. The molecule has 0 aliphatic rings. The number of unbranched alkanes of at least 4 members (excludes halogenated alkanes) is 5. The van der Waals surface area contributed by atoms with Gasteiger partial charge < -0.3 is 15.9 Å². The highest BCUT2D eigenvalue weighted by atomic mass is 16.4. The van der Waals surface area contributed by atoms with Crippen LogP contribution in [0.4, 0.5) is 0 Å². The quantitative estimate of drug-likeness (QED) is 0.516. The van der Waals surface area contributed by atoms with Gasteiger partial charge in [0, 0.05) is 0 Å². The summed E-state index contributed by atoms with van der Waals surface area (Å²) < 4.78 is 0. The van der Waals surface area contributed by atoms with E-state index in [9.17, 15) is 4.79 Å². The van der Waals surface area contributed by atoms with Crippen LogP contribution in [0.2, 0.25) is 0 Å². The van der Waals surface area contributed by atoms with Crippen molar-refractivity contribution in [3.05, 3.63) is 35.4 Å². The largest absolute Gasteiger partial charge is 0.480 e. The monoisotopic (exact) mass is 321 g/mol. The number of carbonyl (C=O) groups is 1. The predicted molar refractivity (Wildman–Crippen MR) is 93.5 cm³/mol. The lowest BCUT2D eigenvalue weighted by atomic mass is 9.92. The highest BCUT2D eigenvalue weighted by Gasteiger charge is 2.32. The summed E-state index contributed by atoms with van der Waals surface area (Å²) in [7, 11) is 0. The SMILES string of the molecule is CCCCCCCCc1ccc(CC[C@@](N)(CO)C(=O)O)cc1. The second-order valence-corrected chi connectivity index (χ2v) is 6.45. The van der Waals surface area contributed by atoms with Gasteiger partial charge in [0.15, 0.2) is 0 Å². The smallest absolute Gasteiger partial charge is 0.326 e. The molecule has 0 aliphatic heterocycles. The molecular formula is C19H31NO3. The zero-order chi connectivity index (χ0) is 17.1. The summed E-state index contributed by atoms with van der Waals surface area (Å²) in [6.07, 6.45) is 9.66. The third-order valence-corrected chi connectivity index (χ3v) is 4.41. The van der Waals surface area contributed by atoms with Crippen LogP contribution in [0.25, 0.3) is 0 Å². The van der Waals surface area contributed by atoms with E-state index in [4.69, 9.17) is 15.9 Å². The third-order valence-electron chi connectivity index (χ3n) is 4.41. The van der Waals surface area contributed by atoms with Crippen molar-refractivity contribution < 1.29 is 15.0 Å². The summed E-state index contributed by atoms with van der Waals surface area (Å²) in [4.78, 5) is 11.1. The minimum absolute atomic E-state index is 0.232. The third kappa shape index (κ3) is 7.14. The molecule has 0 saturated carbocycles. The van der Waals surface area contributed by atoms with Crippen molar-refractivity contribution in [2.75, 3.05) is 6.61 Å². The number of hydrogen-bond acceptors (Lipinski definition) is 3. The van der Waals surface area contributed by atoms with Gasteiger partial charge in [-0.25, -0.2) is 0 Å². The Hall–Kier alpha value is -1.39. The number of carboxylic acids is 1. The van der Waals surface area contributed by atoms with Crippen LogP contribution in [-0.4, -0.2) is 28.3 Å². The minimum Gasteiger partial charge on any atom is -0.480 e. The fourth-order valence-electron chi connectivity index (χ4n) is 2.60. The first-order chi connectivity index (χ1) is 11.0. The lowest BCUT2D eigenvalue weighted by Crippen LogP contribution is -2.51. The van der Waals surface area contributed by atoms with Crippen molar-refractivity contribution in [1.29, 1.82) is 0 Å². The fraction of sp³-hybridized carbons (Fsp3) is 0.632. The van der Waals surface area contributed by atoms with E-state index in [0.29, 0.717) is 6.42 Å². The van der Waals surface area contributed by atoms with Gasteiger partial charge in [0.1, 0.15) is 5.54 Å². The second kappa shape index (κ2) is 10.4. The molecule has 4 N–H and O–H groups in total. The Morgan fingerprint density at radius 1 is 1.00 bits per heavy atom. The van der Waals surface area contributed by atoms with Crippen molar-refractivity contribution in [2.45, 2.75) is 70.3 Å². The Balaban J connectivity index is 2.34. The summed E-state index contributed by atoms with van der Waals surface area (Å²) in [5.74, 6) is -1.15. The highest BCUT2D eigenvalue weighted by Crippen LogP contribution is 2.15. The van der Waals surface area contributed by atoms with E-state index in [2.05, 4.69) is 19.1 Å². The Bertz CT molecular complexity index is 458. The van der Waals surface area contributed by atoms with Crippen molar-refractivity contribution in [3.8, 4) is 0 Å². The van der Waals surface area contributed by atoms with Crippen LogP contribution in [-0.2, 0) is 17.6 Å².